The molecule has 1 aromatic rings. The number of carboxylic acid groups (broad SMARTS) is 1. The Morgan fingerprint density at radius 3 is 2.60 bits per heavy atom. The highest BCUT2D eigenvalue weighted by molar-refractivity contribution is 5.87. The van der Waals surface area contributed by atoms with E-state index in [1.54, 1.807) is 24.9 Å². The minimum absolute atomic E-state index is 0.203. The van der Waals surface area contributed by atoms with Crippen molar-refractivity contribution in [1.82, 2.24) is 20.4 Å². The smallest absolute Gasteiger partial charge is 0.326 e. The van der Waals surface area contributed by atoms with Gasteiger partial charge in [-0.2, -0.15) is 5.10 Å². The number of hydrogen-bond donors (Lipinski definition) is 4. The molecule has 0 unspecified atom stereocenters. The zero-order valence-corrected chi connectivity index (χ0v) is 11.2. The molecule has 0 aliphatic carbocycles. The first-order valence-electron chi connectivity index (χ1n) is 5.84. The Kier molecular flexibility index (Phi) is 5.07. The molecule has 3 amide bonds. The summed E-state index contributed by atoms with van der Waals surface area (Å²) < 4.78 is 1.61. The Balaban J connectivity index is 2.52. The number of nitrogens with two attached hydrogens (primary N) is 1. The van der Waals surface area contributed by atoms with E-state index in [4.69, 9.17) is 10.8 Å². The van der Waals surface area contributed by atoms with Crippen LogP contribution in [0.4, 0.5) is 4.79 Å². The molecule has 0 saturated heterocycles. The van der Waals surface area contributed by atoms with Crippen LogP contribution in [0.1, 0.15) is 17.7 Å². The Bertz CT molecular complexity index is 525. The minimum atomic E-state index is -1.34. The molecule has 0 aliphatic heterocycles. The van der Waals surface area contributed by atoms with Gasteiger partial charge in [-0.05, 0) is 6.92 Å². The lowest BCUT2D eigenvalue weighted by molar-refractivity contribution is -0.140. The number of primary amides is 1. The van der Waals surface area contributed by atoms with Gasteiger partial charge in [0.05, 0.1) is 12.1 Å². The van der Waals surface area contributed by atoms with Crippen LogP contribution in [0, 0.1) is 6.92 Å². The second kappa shape index (κ2) is 6.55. The first-order chi connectivity index (χ1) is 9.29. The second-order valence-electron chi connectivity index (χ2n) is 4.30. The molecule has 1 heterocycles. The standard InChI is InChI=1S/C11H17N5O4/c1-6-7(5-16(2)15-6)4-13-11(20)14-8(10(18)19)3-9(12)17/h5,8H,3-4H2,1-2H3,(H2,12,17)(H,18,19)(H2,13,14,20)/t8-/m1/s1. The lowest BCUT2D eigenvalue weighted by Gasteiger charge is -2.13. The van der Waals surface area contributed by atoms with Gasteiger partial charge >= 0.3 is 12.0 Å². The van der Waals surface area contributed by atoms with Crippen LogP contribution in [0.15, 0.2) is 6.20 Å². The van der Waals surface area contributed by atoms with Crippen LogP contribution in [0.5, 0.6) is 0 Å². The van der Waals surface area contributed by atoms with E-state index in [0.29, 0.717) is 0 Å². The van der Waals surface area contributed by atoms with Crippen LogP contribution < -0.4 is 16.4 Å². The fraction of sp³-hybridized carbons (Fsp3) is 0.455. The van der Waals surface area contributed by atoms with E-state index in [-0.39, 0.29) is 6.54 Å². The summed E-state index contributed by atoms with van der Waals surface area (Å²) in [6, 6.07) is -2.04. The van der Waals surface area contributed by atoms with E-state index in [9.17, 15) is 14.4 Å². The van der Waals surface area contributed by atoms with Crippen molar-refractivity contribution in [2.75, 3.05) is 0 Å². The maximum absolute atomic E-state index is 11.6. The monoisotopic (exact) mass is 283 g/mol. The highest BCUT2D eigenvalue weighted by Gasteiger charge is 2.22. The summed E-state index contributed by atoms with van der Waals surface area (Å²) in [5, 5.41) is 17.6. The fourth-order valence-electron chi connectivity index (χ4n) is 1.61. The number of nitrogens with zero attached hydrogens (tertiary/aromatic N) is 2. The van der Waals surface area contributed by atoms with Crippen LogP contribution in [0.3, 0.4) is 0 Å². The highest BCUT2D eigenvalue weighted by atomic mass is 16.4. The Morgan fingerprint density at radius 2 is 2.15 bits per heavy atom. The summed E-state index contributed by atoms with van der Waals surface area (Å²) in [4.78, 5) is 33.1. The number of aryl methyl sites for hydroxylation is 2. The van der Waals surface area contributed by atoms with Crippen molar-refractivity contribution in [2.45, 2.75) is 25.9 Å². The van der Waals surface area contributed by atoms with E-state index in [0.717, 1.165) is 11.3 Å². The van der Waals surface area contributed by atoms with Crippen molar-refractivity contribution >= 4 is 17.9 Å². The van der Waals surface area contributed by atoms with Crippen molar-refractivity contribution in [1.29, 1.82) is 0 Å². The summed E-state index contributed by atoms with van der Waals surface area (Å²) >= 11 is 0. The predicted molar refractivity (Wildman–Crippen MR) is 68.6 cm³/mol. The van der Waals surface area contributed by atoms with Gasteiger partial charge in [0.15, 0.2) is 0 Å². The molecule has 9 nitrogen and oxygen atoms in total. The van der Waals surface area contributed by atoms with E-state index in [1.165, 1.54) is 0 Å². The lowest BCUT2D eigenvalue weighted by Crippen LogP contribution is -2.47. The topological polar surface area (TPSA) is 139 Å². The third-order valence-corrected chi connectivity index (χ3v) is 2.56. The largest absolute Gasteiger partial charge is 0.480 e. The number of nitrogens with one attached hydrogen (secondary N) is 2. The van der Waals surface area contributed by atoms with Crippen molar-refractivity contribution in [3.63, 3.8) is 0 Å². The lowest BCUT2D eigenvalue weighted by atomic mass is 10.2. The van der Waals surface area contributed by atoms with Crippen molar-refractivity contribution in [3.05, 3.63) is 17.5 Å². The van der Waals surface area contributed by atoms with Gasteiger partial charge in [-0.15, -0.1) is 0 Å². The number of carbonyl (C=O) groups excluding carboxylic acids is 2. The van der Waals surface area contributed by atoms with Crippen LogP contribution in [-0.4, -0.2) is 38.8 Å². The van der Waals surface area contributed by atoms with Gasteiger partial charge in [0.1, 0.15) is 6.04 Å². The van der Waals surface area contributed by atoms with Gasteiger partial charge in [-0.3, -0.25) is 9.48 Å². The molecule has 0 radical (unpaired) electrons. The van der Waals surface area contributed by atoms with E-state index >= 15 is 0 Å². The molecule has 0 bridgehead atoms. The third-order valence-electron chi connectivity index (χ3n) is 2.56. The molecule has 0 saturated carbocycles. The van der Waals surface area contributed by atoms with Gasteiger partial charge in [0, 0.05) is 25.4 Å². The maximum Gasteiger partial charge on any atom is 0.326 e. The summed E-state index contributed by atoms with van der Waals surface area (Å²) in [7, 11) is 1.75. The number of carbonyl (C=O) groups is 3. The van der Waals surface area contributed by atoms with Gasteiger partial charge in [-0.1, -0.05) is 0 Å². The summed E-state index contributed by atoms with van der Waals surface area (Å²) in [6.07, 6.45) is 1.28. The molecule has 110 valence electrons. The first kappa shape index (κ1) is 15.5. The van der Waals surface area contributed by atoms with E-state index in [2.05, 4.69) is 15.7 Å². The summed E-state index contributed by atoms with van der Waals surface area (Å²) in [5.41, 5.74) is 6.48. The highest BCUT2D eigenvalue weighted by Crippen LogP contribution is 2.03. The average molecular weight is 283 g/mol. The molecule has 20 heavy (non-hydrogen) atoms. The SMILES string of the molecule is Cc1nn(C)cc1CNC(=O)N[C@H](CC(N)=O)C(=O)O. The molecule has 1 aromatic heterocycles. The molecular weight excluding hydrogens is 266 g/mol. The number of hydrogen-bond acceptors (Lipinski definition) is 4. The van der Waals surface area contributed by atoms with E-state index < -0.39 is 30.4 Å². The van der Waals surface area contributed by atoms with Gasteiger partial charge < -0.3 is 21.5 Å². The van der Waals surface area contributed by atoms with Crippen molar-refractivity contribution < 1.29 is 19.5 Å². The zero-order valence-electron chi connectivity index (χ0n) is 11.2. The Hall–Kier alpha value is -2.58. The quantitative estimate of drug-likeness (QED) is 0.522. The molecule has 5 N–H and O–H groups in total. The van der Waals surface area contributed by atoms with Gasteiger partial charge in [-0.25, -0.2) is 9.59 Å². The summed E-state index contributed by atoms with van der Waals surface area (Å²) in [5.74, 6) is -2.13. The fourth-order valence-corrected chi connectivity index (χ4v) is 1.61. The predicted octanol–water partition coefficient (Wildman–Crippen LogP) is -1.14. The zero-order chi connectivity index (χ0) is 15.3. The number of aliphatic carboxylic acids is 1. The maximum atomic E-state index is 11.6. The van der Waals surface area contributed by atoms with Crippen molar-refractivity contribution in [2.24, 2.45) is 12.8 Å². The Morgan fingerprint density at radius 1 is 1.50 bits per heavy atom. The molecular formula is C11H17N5O4. The molecule has 0 spiro atoms. The molecule has 0 aliphatic rings. The minimum Gasteiger partial charge on any atom is -0.480 e. The van der Waals surface area contributed by atoms with Crippen LogP contribution in [-0.2, 0) is 23.2 Å². The number of aromatic nitrogens is 2. The number of rotatable bonds is 6. The van der Waals surface area contributed by atoms with Crippen LogP contribution in [0.25, 0.3) is 0 Å². The number of amides is 3. The van der Waals surface area contributed by atoms with Gasteiger partial charge in [0.25, 0.3) is 0 Å². The second-order valence-corrected chi connectivity index (χ2v) is 4.30. The summed E-state index contributed by atoms with van der Waals surface area (Å²) in [6.45, 7) is 2.00. The molecule has 9 heteroatoms. The average Bonchev–Trinajstić information content (AvgIpc) is 2.63. The number of urea groups is 1. The normalized spacial score (nSPS) is 11.7. The first-order valence-corrected chi connectivity index (χ1v) is 5.84. The Labute approximate surface area is 115 Å². The number of carboxylic acids is 1. The molecule has 0 aromatic carbocycles. The van der Waals surface area contributed by atoms with Crippen LogP contribution >= 0.6 is 0 Å². The molecule has 1 rings (SSSR count). The van der Waals surface area contributed by atoms with Crippen molar-refractivity contribution in [3.8, 4) is 0 Å². The van der Waals surface area contributed by atoms with Crippen LogP contribution in [0.2, 0.25) is 0 Å². The third kappa shape index (κ3) is 4.59. The van der Waals surface area contributed by atoms with E-state index in [1.807, 2.05) is 0 Å². The molecule has 0 fully saturated rings. The van der Waals surface area contributed by atoms with Gasteiger partial charge in [0.2, 0.25) is 5.91 Å². The molecule has 1 atom stereocenters.